The van der Waals surface area contributed by atoms with Gasteiger partial charge < -0.3 is 10.2 Å². The third-order valence-corrected chi connectivity index (χ3v) is 6.89. The second-order valence-corrected chi connectivity index (χ2v) is 11.1. The molecule has 2 rings (SSSR count). The van der Waals surface area contributed by atoms with E-state index < -0.39 is 39.5 Å². The van der Waals surface area contributed by atoms with Crippen LogP contribution in [0.15, 0.2) is 48.5 Å². The second-order valence-electron chi connectivity index (χ2n) is 9.22. The van der Waals surface area contributed by atoms with Crippen molar-refractivity contribution in [3.63, 3.8) is 0 Å². The Labute approximate surface area is 220 Å². The minimum atomic E-state index is -4.65. The summed E-state index contributed by atoms with van der Waals surface area (Å²) in [5.74, 6) is -1.26. The summed E-state index contributed by atoms with van der Waals surface area (Å²) in [6.45, 7) is 5.08. The van der Waals surface area contributed by atoms with Crippen LogP contribution in [0.2, 0.25) is 0 Å². The van der Waals surface area contributed by atoms with E-state index >= 15 is 0 Å². The average molecular weight is 560 g/mol. The van der Waals surface area contributed by atoms with Crippen molar-refractivity contribution >= 4 is 27.5 Å². The zero-order chi connectivity index (χ0) is 28.7. The molecule has 0 saturated carbocycles. The maximum Gasteiger partial charge on any atom is 0.416 e. The maximum absolute atomic E-state index is 13.4. The topological polar surface area (TPSA) is 86.8 Å². The first-order chi connectivity index (χ1) is 17.6. The van der Waals surface area contributed by atoms with Gasteiger partial charge in [0.25, 0.3) is 0 Å². The van der Waals surface area contributed by atoms with E-state index in [0.29, 0.717) is 12.0 Å². The Morgan fingerprint density at radius 2 is 1.68 bits per heavy atom. The number of amides is 2. The molecule has 0 spiro atoms. The molecular formula is C26H33F4N3O4S. The summed E-state index contributed by atoms with van der Waals surface area (Å²) in [7, 11) is -3.96. The molecule has 0 fully saturated rings. The highest BCUT2D eigenvalue weighted by Crippen LogP contribution is 2.32. The number of carbonyl (C=O) groups excluding carboxylic acids is 2. The molecule has 12 heteroatoms. The summed E-state index contributed by atoms with van der Waals surface area (Å²) in [6.07, 6.45) is -3.66. The third-order valence-electron chi connectivity index (χ3n) is 5.70. The van der Waals surface area contributed by atoms with Crippen LogP contribution in [0.25, 0.3) is 0 Å². The Hall–Kier alpha value is -3.15. The van der Waals surface area contributed by atoms with E-state index in [2.05, 4.69) is 5.32 Å². The molecule has 0 aliphatic rings. The molecule has 0 radical (unpaired) electrons. The van der Waals surface area contributed by atoms with Crippen LogP contribution in [0.4, 0.5) is 23.2 Å². The largest absolute Gasteiger partial charge is 0.416 e. The first-order valence-corrected chi connectivity index (χ1v) is 14.0. The van der Waals surface area contributed by atoms with Crippen molar-refractivity contribution in [3.8, 4) is 0 Å². The first-order valence-electron chi connectivity index (χ1n) is 12.1. The lowest BCUT2D eigenvalue weighted by molar-refractivity contribution is -0.141. The van der Waals surface area contributed by atoms with Crippen LogP contribution in [-0.2, 0) is 32.3 Å². The van der Waals surface area contributed by atoms with Gasteiger partial charge in [0.1, 0.15) is 11.9 Å². The number of carbonyl (C=O) groups is 2. The predicted octanol–water partition coefficient (Wildman–Crippen LogP) is 4.72. The molecule has 0 bridgehead atoms. The lowest BCUT2D eigenvalue weighted by Gasteiger charge is -2.31. The summed E-state index contributed by atoms with van der Waals surface area (Å²) in [5, 5.41) is 2.78. The minimum Gasteiger partial charge on any atom is -0.352 e. The highest BCUT2D eigenvalue weighted by Gasteiger charge is 2.32. The molecule has 0 aromatic heterocycles. The van der Waals surface area contributed by atoms with Gasteiger partial charge in [0.2, 0.25) is 21.8 Å². The zero-order valence-corrected chi connectivity index (χ0v) is 22.6. The molecule has 0 aliphatic heterocycles. The Balaban J connectivity index is 2.25. The van der Waals surface area contributed by atoms with Gasteiger partial charge in [-0.15, -0.1) is 0 Å². The van der Waals surface area contributed by atoms with E-state index in [9.17, 15) is 35.6 Å². The summed E-state index contributed by atoms with van der Waals surface area (Å²) >= 11 is 0. The number of alkyl halides is 3. The highest BCUT2D eigenvalue weighted by molar-refractivity contribution is 7.92. The fourth-order valence-corrected chi connectivity index (χ4v) is 4.89. The number of sulfonamides is 1. The van der Waals surface area contributed by atoms with Crippen LogP contribution in [-0.4, -0.2) is 50.0 Å². The average Bonchev–Trinajstić information content (AvgIpc) is 2.81. The number of benzene rings is 2. The van der Waals surface area contributed by atoms with Crippen molar-refractivity contribution in [1.29, 1.82) is 0 Å². The molecule has 2 aromatic carbocycles. The van der Waals surface area contributed by atoms with Crippen LogP contribution in [0.5, 0.6) is 0 Å². The molecule has 0 aliphatic carbocycles. The number of rotatable bonds is 12. The van der Waals surface area contributed by atoms with Gasteiger partial charge in [0, 0.05) is 25.6 Å². The SMILES string of the molecule is CCC(C(=O)NC(C)C)N(Cc1ccc(F)cc1)C(=O)CCCN(c1cccc(C(F)(F)F)c1)S(C)(=O)=O. The van der Waals surface area contributed by atoms with Gasteiger partial charge in [-0.25, -0.2) is 12.8 Å². The van der Waals surface area contributed by atoms with Crippen molar-refractivity contribution in [2.75, 3.05) is 17.1 Å². The number of hydrogen-bond donors (Lipinski definition) is 1. The maximum atomic E-state index is 13.4. The number of anilines is 1. The van der Waals surface area contributed by atoms with E-state index in [1.54, 1.807) is 20.8 Å². The fraction of sp³-hybridized carbons (Fsp3) is 0.462. The number of nitrogens with zero attached hydrogens (tertiary/aromatic N) is 2. The fourth-order valence-electron chi connectivity index (χ4n) is 3.93. The summed E-state index contributed by atoms with van der Waals surface area (Å²) < 4.78 is 78.4. The third kappa shape index (κ3) is 9.00. The zero-order valence-electron chi connectivity index (χ0n) is 21.8. The lowest BCUT2D eigenvalue weighted by Crippen LogP contribution is -2.50. The second kappa shape index (κ2) is 13.1. The Morgan fingerprint density at radius 1 is 1.05 bits per heavy atom. The molecule has 2 amide bonds. The summed E-state index contributed by atoms with van der Waals surface area (Å²) in [6, 6.07) is 8.44. The van der Waals surface area contributed by atoms with Crippen molar-refractivity contribution in [1.82, 2.24) is 10.2 Å². The van der Waals surface area contributed by atoms with Crippen molar-refractivity contribution in [2.45, 2.75) is 64.8 Å². The summed E-state index contributed by atoms with van der Waals surface area (Å²) in [4.78, 5) is 27.5. The van der Waals surface area contributed by atoms with Crippen molar-refractivity contribution < 1.29 is 35.6 Å². The van der Waals surface area contributed by atoms with Gasteiger partial charge in [0.15, 0.2) is 0 Å². The van der Waals surface area contributed by atoms with Crippen LogP contribution in [0, 0.1) is 5.82 Å². The van der Waals surface area contributed by atoms with Gasteiger partial charge >= 0.3 is 6.18 Å². The van der Waals surface area contributed by atoms with E-state index in [1.165, 1.54) is 35.2 Å². The Morgan fingerprint density at radius 3 is 2.21 bits per heavy atom. The van der Waals surface area contributed by atoms with Gasteiger partial charge in [-0.3, -0.25) is 13.9 Å². The quantitative estimate of drug-likeness (QED) is 0.381. The lowest BCUT2D eigenvalue weighted by atomic mass is 10.1. The van der Waals surface area contributed by atoms with Gasteiger partial charge in [-0.2, -0.15) is 13.2 Å². The summed E-state index contributed by atoms with van der Waals surface area (Å²) in [5.41, 5.74) is -0.565. The van der Waals surface area contributed by atoms with Crippen LogP contribution >= 0.6 is 0 Å². The standard InChI is InChI=1S/C26H33F4N3O4S/c1-5-23(25(35)31-18(2)3)32(17-19-11-13-21(27)14-12-19)24(34)10-7-15-33(38(4,36)37)22-9-6-8-20(16-22)26(28,29)30/h6,8-9,11-14,16,18,23H,5,7,10,15,17H2,1-4H3,(H,31,35). The van der Waals surface area contributed by atoms with E-state index in [-0.39, 0.29) is 43.6 Å². The molecule has 1 N–H and O–H groups in total. The molecule has 210 valence electrons. The molecule has 0 heterocycles. The molecule has 0 saturated heterocycles. The van der Waals surface area contributed by atoms with Crippen molar-refractivity contribution in [2.24, 2.45) is 0 Å². The number of nitrogens with one attached hydrogen (secondary N) is 1. The smallest absolute Gasteiger partial charge is 0.352 e. The molecule has 1 atom stereocenters. The molecule has 38 heavy (non-hydrogen) atoms. The normalized spacial score (nSPS) is 12.8. The molecular weight excluding hydrogens is 526 g/mol. The van der Waals surface area contributed by atoms with E-state index in [4.69, 9.17) is 0 Å². The molecule has 2 aromatic rings. The van der Waals surface area contributed by atoms with E-state index in [1.807, 2.05) is 0 Å². The minimum absolute atomic E-state index is 0.00962. The van der Waals surface area contributed by atoms with Gasteiger partial charge in [-0.05, 0) is 62.6 Å². The Kier molecular flexibility index (Phi) is 10.7. The number of halogens is 4. The van der Waals surface area contributed by atoms with E-state index in [0.717, 1.165) is 28.8 Å². The predicted molar refractivity (Wildman–Crippen MR) is 137 cm³/mol. The highest BCUT2D eigenvalue weighted by atomic mass is 32.2. The monoisotopic (exact) mass is 559 g/mol. The van der Waals surface area contributed by atoms with Crippen molar-refractivity contribution in [3.05, 3.63) is 65.5 Å². The van der Waals surface area contributed by atoms with Crippen LogP contribution in [0.3, 0.4) is 0 Å². The number of hydrogen-bond acceptors (Lipinski definition) is 4. The van der Waals surface area contributed by atoms with Gasteiger partial charge in [-0.1, -0.05) is 25.1 Å². The molecule has 7 nitrogen and oxygen atoms in total. The van der Waals surface area contributed by atoms with Crippen LogP contribution in [0.1, 0.15) is 51.2 Å². The van der Waals surface area contributed by atoms with Crippen LogP contribution < -0.4 is 9.62 Å². The molecule has 1 unspecified atom stereocenters. The van der Waals surface area contributed by atoms with Gasteiger partial charge in [0.05, 0.1) is 17.5 Å². The first kappa shape index (κ1) is 31.1. The Bertz CT molecular complexity index is 1200.